The Labute approximate surface area is 116 Å². The van der Waals surface area contributed by atoms with Crippen LogP contribution in [0.3, 0.4) is 0 Å². The zero-order chi connectivity index (χ0) is 14.1. The van der Waals surface area contributed by atoms with Crippen LogP contribution in [0.1, 0.15) is 33.2 Å². The summed E-state index contributed by atoms with van der Waals surface area (Å²) in [7, 11) is 0. The van der Waals surface area contributed by atoms with Crippen LogP contribution in [0.4, 0.5) is 0 Å². The van der Waals surface area contributed by atoms with Crippen LogP contribution in [0.5, 0.6) is 0 Å². The van der Waals surface area contributed by atoms with Gasteiger partial charge >= 0.3 is 5.97 Å². The van der Waals surface area contributed by atoms with Crippen molar-refractivity contribution in [2.75, 3.05) is 0 Å². The summed E-state index contributed by atoms with van der Waals surface area (Å²) in [4.78, 5) is 24.2. The van der Waals surface area contributed by atoms with Gasteiger partial charge in [-0.2, -0.15) is 0 Å². The van der Waals surface area contributed by atoms with E-state index < -0.39 is 5.97 Å². The molecule has 0 atom stereocenters. The number of hydrogen-bond donors (Lipinski definition) is 0. The minimum absolute atomic E-state index is 0.134. The molecule has 0 saturated heterocycles. The largest absolute Gasteiger partial charge is 0.422 e. The van der Waals surface area contributed by atoms with Crippen molar-refractivity contribution < 1.29 is 14.3 Å². The predicted molar refractivity (Wildman–Crippen MR) is 75.2 cm³/mol. The van der Waals surface area contributed by atoms with Crippen molar-refractivity contribution in [3.05, 3.63) is 76.9 Å². The molecule has 3 nitrogen and oxygen atoms in total. The maximum absolute atomic E-state index is 12.4. The molecule has 0 saturated carbocycles. The van der Waals surface area contributed by atoms with Gasteiger partial charge in [-0.1, -0.05) is 48.5 Å². The van der Waals surface area contributed by atoms with Crippen molar-refractivity contribution in [1.29, 1.82) is 0 Å². The van der Waals surface area contributed by atoms with E-state index in [-0.39, 0.29) is 5.78 Å². The van der Waals surface area contributed by atoms with Crippen molar-refractivity contribution in [1.82, 2.24) is 0 Å². The molecule has 20 heavy (non-hydrogen) atoms. The second kappa shape index (κ2) is 4.78. The van der Waals surface area contributed by atoms with Gasteiger partial charge in [0.2, 0.25) is 0 Å². The number of carbonyl (C=O) groups is 2. The number of esters is 1. The number of fused-ring (bicyclic) bond motifs is 1. The van der Waals surface area contributed by atoms with E-state index in [1.165, 1.54) is 0 Å². The molecule has 0 unspecified atom stereocenters. The van der Waals surface area contributed by atoms with Gasteiger partial charge in [0.25, 0.3) is 0 Å². The van der Waals surface area contributed by atoms with Gasteiger partial charge < -0.3 is 4.74 Å². The summed E-state index contributed by atoms with van der Waals surface area (Å²) in [5.74, 6) is -0.180. The normalized spacial score (nSPS) is 15.6. The maximum Gasteiger partial charge on any atom is 0.344 e. The fourth-order valence-corrected chi connectivity index (χ4v) is 2.25. The van der Waals surface area contributed by atoms with Crippen molar-refractivity contribution in [3.8, 4) is 0 Å². The molecule has 1 aliphatic heterocycles. The van der Waals surface area contributed by atoms with E-state index in [0.717, 1.165) is 0 Å². The first-order valence-electron chi connectivity index (χ1n) is 6.30. The summed E-state index contributed by atoms with van der Waals surface area (Å²) in [5, 5.41) is 0. The number of ketones is 1. The molecule has 3 rings (SSSR count). The maximum atomic E-state index is 12.4. The zero-order valence-electron chi connectivity index (χ0n) is 10.9. The number of carbonyl (C=O) groups excluding carboxylic acids is 2. The van der Waals surface area contributed by atoms with Crippen LogP contribution in [0, 0.1) is 0 Å². The molecule has 0 amide bonds. The average Bonchev–Trinajstić information content (AvgIpc) is 2.84. The summed E-state index contributed by atoms with van der Waals surface area (Å²) in [6.45, 7) is 1.68. The SMILES string of the molecule is C/C(C(=O)c1ccccc1)=C1/OC(=O)c2ccccc21. The molecule has 1 aliphatic rings. The third-order valence-electron chi connectivity index (χ3n) is 3.30. The average molecular weight is 264 g/mol. The Balaban J connectivity index is 2.08. The number of cyclic esters (lactones) is 1. The topological polar surface area (TPSA) is 43.4 Å². The summed E-state index contributed by atoms with van der Waals surface area (Å²) in [6.07, 6.45) is 0. The first-order chi connectivity index (χ1) is 9.68. The van der Waals surface area contributed by atoms with Crippen LogP contribution in [-0.4, -0.2) is 11.8 Å². The Hall–Kier alpha value is -2.68. The lowest BCUT2D eigenvalue weighted by molar-refractivity contribution is 0.0714. The van der Waals surface area contributed by atoms with E-state index >= 15 is 0 Å². The highest BCUT2D eigenvalue weighted by molar-refractivity contribution is 6.15. The highest BCUT2D eigenvalue weighted by Gasteiger charge is 2.29. The molecule has 0 N–H and O–H groups in total. The predicted octanol–water partition coefficient (Wildman–Crippen LogP) is 3.47. The molecule has 98 valence electrons. The third-order valence-corrected chi connectivity index (χ3v) is 3.30. The molecule has 2 aromatic carbocycles. The van der Waals surface area contributed by atoms with E-state index in [1.807, 2.05) is 12.1 Å². The molecule has 0 aromatic heterocycles. The molecule has 3 heteroatoms. The molecule has 2 aromatic rings. The Morgan fingerprint density at radius 1 is 0.900 bits per heavy atom. The lowest BCUT2D eigenvalue weighted by Gasteiger charge is -2.05. The first kappa shape index (κ1) is 12.4. The van der Waals surface area contributed by atoms with Gasteiger partial charge in [0.1, 0.15) is 5.76 Å². The summed E-state index contributed by atoms with van der Waals surface area (Å²) >= 11 is 0. The lowest BCUT2D eigenvalue weighted by Crippen LogP contribution is -2.03. The quantitative estimate of drug-likeness (QED) is 0.474. The number of hydrogen-bond acceptors (Lipinski definition) is 3. The highest BCUT2D eigenvalue weighted by Crippen LogP contribution is 2.32. The number of benzene rings is 2. The molecule has 0 radical (unpaired) electrons. The van der Waals surface area contributed by atoms with Crippen LogP contribution in [0.2, 0.25) is 0 Å². The van der Waals surface area contributed by atoms with Gasteiger partial charge in [0.05, 0.1) is 5.56 Å². The van der Waals surface area contributed by atoms with E-state index in [9.17, 15) is 9.59 Å². The monoisotopic (exact) mass is 264 g/mol. The molecule has 0 aliphatic carbocycles. The van der Waals surface area contributed by atoms with Crippen LogP contribution < -0.4 is 0 Å². The Morgan fingerprint density at radius 3 is 2.20 bits per heavy atom. The van der Waals surface area contributed by atoms with Crippen molar-refractivity contribution >= 4 is 17.5 Å². The minimum Gasteiger partial charge on any atom is -0.422 e. The van der Waals surface area contributed by atoms with Crippen LogP contribution >= 0.6 is 0 Å². The Kier molecular flexibility index (Phi) is 2.95. The lowest BCUT2D eigenvalue weighted by atomic mass is 10.00. The van der Waals surface area contributed by atoms with Gasteiger partial charge in [-0.05, 0) is 13.0 Å². The molecule has 0 bridgehead atoms. The van der Waals surface area contributed by atoms with Crippen LogP contribution in [0.25, 0.3) is 5.76 Å². The van der Waals surface area contributed by atoms with Crippen molar-refractivity contribution in [2.24, 2.45) is 0 Å². The van der Waals surface area contributed by atoms with Crippen molar-refractivity contribution in [2.45, 2.75) is 6.92 Å². The molecule has 0 fully saturated rings. The summed E-state index contributed by atoms with van der Waals surface area (Å²) in [5.41, 5.74) is 2.20. The fourth-order valence-electron chi connectivity index (χ4n) is 2.25. The van der Waals surface area contributed by atoms with Gasteiger partial charge in [-0.25, -0.2) is 4.79 Å². The van der Waals surface area contributed by atoms with Gasteiger partial charge in [0, 0.05) is 16.7 Å². The number of ether oxygens (including phenoxy) is 1. The number of Topliss-reactive ketones (excluding diaryl/α,β-unsaturated/α-hetero) is 1. The summed E-state index contributed by atoms with van der Waals surface area (Å²) < 4.78 is 5.26. The third kappa shape index (κ3) is 1.93. The molecular weight excluding hydrogens is 252 g/mol. The Morgan fingerprint density at radius 2 is 1.50 bits per heavy atom. The smallest absolute Gasteiger partial charge is 0.344 e. The molecule has 1 heterocycles. The van der Waals surface area contributed by atoms with Crippen LogP contribution in [0.15, 0.2) is 60.2 Å². The standard InChI is InChI=1S/C17H12O3/c1-11(15(18)12-7-3-2-4-8-12)16-13-9-5-6-10-14(13)17(19)20-16/h2-10H,1H3/b16-11-. The van der Waals surface area contributed by atoms with Gasteiger partial charge in [0.15, 0.2) is 5.78 Å². The second-order valence-electron chi connectivity index (χ2n) is 4.58. The van der Waals surface area contributed by atoms with E-state index in [0.29, 0.717) is 28.0 Å². The molecular formula is C17H12O3. The van der Waals surface area contributed by atoms with E-state index in [2.05, 4.69) is 0 Å². The van der Waals surface area contributed by atoms with Crippen molar-refractivity contribution in [3.63, 3.8) is 0 Å². The van der Waals surface area contributed by atoms with Gasteiger partial charge in [-0.15, -0.1) is 0 Å². The van der Waals surface area contributed by atoms with Gasteiger partial charge in [-0.3, -0.25) is 4.79 Å². The summed E-state index contributed by atoms with van der Waals surface area (Å²) in [6, 6.07) is 16.0. The van der Waals surface area contributed by atoms with E-state index in [1.54, 1.807) is 49.4 Å². The number of allylic oxidation sites excluding steroid dienone is 1. The first-order valence-corrected chi connectivity index (χ1v) is 6.30. The second-order valence-corrected chi connectivity index (χ2v) is 4.58. The Bertz CT molecular complexity index is 727. The number of rotatable bonds is 2. The highest BCUT2D eigenvalue weighted by atomic mass is 16.5. The minimum atomic E-state index is -0.407. The molecule has 0 spiro atoms. The zero-order valence-corrected chi connectivity index (χ0v) is 10.9. The van der Waals surface area contributed by atoms with Crippen LogP contribution in [-0.2, 0) is 4.74 Å². The fraction of sp³-hybridized carbons (Fsp3) is 0.0588. The van der Waals surface area contributed by atoms with E-state index in [4.69, 9.17) is 4.74 Å².